The van der Waals surface area contributed by atoms with Gasteiger partial charge < -0.3 is 24.3 Å². The molecule has 1 saturated heterocycles. The number of amides is 1. The minimum absolute atomic E-state index is 0.0222. The van der Waals surface area contributed by atoms with Crippen LogP contribution < -0.4 is 30.9 Å². The van der Waals surface area contributed by atoms with Crippen LogP contribution in [0.1, 0.15) is 23.2 Å². The second-order valence-electron chi connectivity index (χ2n) is 7.05. The third-order valence-corrected chi connectivity index (χ3v) is 5.25. The number of para-hydroxylation sites is 1. The van der Waals surface area contributed by atoms with E-state index >= 15 is 0 Å². The lowest BCUT2D eigenvalue weighted by Crippen LogP contribution is -2.47. The first kappa shape index (κ1) is 20.5. The number of benzene rings is 1. The number of methoxy groups -OCH3 is 2. The minimum Gasteiger partial charge on any atom is -0.493 e. The predicted molar refractivity (Wildman–Crippen MR) is 109 cm³/mol. The predicted octanol–water partition coefficient (Wildman–Crippen LogP) is 0.500. The number of nitrogens with one attached hydrogen (secondary N) is 1. The van der Waals surface area contributed by atoms with Gasteiger partial charge in [0, 0.05) is 39.4 Å². The van der Waals surface area contributed by atoms with Gasteiger partial charge in [-0.3, -0.25) is 14.2 Å². The van der Waals surface area contributed by atoms with Gasteiger partial charge in [0.25, 0.3) is 11.5 Å². The van der Waals surface area contributed by atoms with E-state index in [-0.39, 0.29) is 23.2 Å². The molecule has 1 aliphatic rings. The number of anilines is 1. The smallest absolute Gasteiger partial charge is 0.330 e. The highest BCUT2D eigenvalue weighted by Gasteiger charge is 2.25. The molecule has 1 aliphatic heterocycles. The van der Waals surface area contributed by atoms with Crippen molar-refractivity contribution in [1.82, 2.24) is 14.5 Å². The van der Waals surface area contributed by atoms with Crippen LogP contribution in [0.3, 0.4) is 0 Å². The maximum atomic E-state index is 12.7. The molecule has 0 saturated carbocycles. The summed E-state index contributed by atoms with van der Waals surface area (Å²) in [6, 6.07) is 5.15. The third-order valence-electron chi connectivity index (χ3n) is 5.25. The fourth-order valence-electron chi connectivity index (χ4n) is 3.60. The SMILES string of the molecule is COc1cccc(C(=O)NC2CCN(c3cn(C)c(=O)n(C)c3=O)CC2)c1OC. The van der Waals surface area contributed by atoms with Crippen molar-refractivity contribution in [2.24, 2.45) is 14.1 Å². The van der Waals surface area contributed by atoms with Crippen molar-refractivity contribution >= 4 is 11.6 Å². The number of piperidine rings is 1. The number of nitrogens with zero attached hydrogens (tertiary/aromatic N) is 3. The van der Waals surface area contributed by atoms with Crippen LogP contribution in [0.2, 0.25) is 0 Å². The molecule has 2 aromatic rings. The van der Waals surface area contributed by atoms with Gasteiger partial charge >= 0.3 is 5.69 Å². The second kappa shape index (κ2) is 8.42. The molecule has 0 unspecified atom stereocenters. The van der Waals surface area contributed by atoms with Crippen molar-refractivity contribution in [2.45, 2.75) is 18.9 Å². The first-order valence-electron chi connectivity index (χ1n) is 9.40. The molecule has 0 spiro atoms. The van der Waals surface area contributed by atoms with Gasteiger partial charge in [-0.1, -0.05) is 6.07 Å². The standard InChI is InChI=1S/C20H26N4O5/c1-22-12-15(19(26)23(2)20(22)27)24-10-8-13(9-11-24)21-18(25)14-6-5-7-16(28-3)17(14)29-4/h5-7,12-13H,8-11H2,1-4H3,(H,21,25). The first-order chi connectivity index (χ1) is 13.9. The van der Waals surface area contributed by atoms with E-state index in [0.29, 0.717) is 48.7 Å². The number of hydrogen-bond donors (Lipinski definition) is 1. The first-order valence-corrected chi connectivity index (χ1v) is 9.40. The molecule has 1 aromatic carbocycles. The molecule has 3 rings (SSSR count). The van der Waals surface area contributed by atoms with E-state index in [1.54, 1.807) is 31.4 Å². The molecule has 9 heteroatoms. The molecule has 1 amide bonds. The Labute approximate surface area is 168 Å². The molecule has 29 heavy (non-hydrogen) atoms. The van der Waals surface area contributed by atoms with Crippen molar-refractivity contribution in [3.05, 3.63) is 50.8 Å². The Morgan fingerprint density at radius 3 is 2.41 bits per heavy atom. The fourth-order valence-corrected chi connectivity index (χ4v) is 3.60. The lowest BCUT2D eigenvalue weighted by Gasteiger charge is -2.33. The highest BCUT2D eigenvalue weighted by Crippen LogP contribution is 2.30. The van der Waals surface area contributed by atoms with Gasteiger partial charge in [-0.15, -0.1) is 0 Å². The number of aromatic nitrogens is 2. The number of aryl methyl sites for hydroxylation is 1. The monoisotopic (exact) mass is 402 g/mol. The molecule has 0 bridgehead atoms. The fraction of sp³-hybridized carbons (Fsp3) is 0.450. The maximum Gasteiger partial charge on any atom is 0.330 e. The number of rotatable bonds is 5. The zero-order valence-corrected chi connectivity index (χ0v) is 17.1. The molecule has 1 N–H and O–H groups in total. The summed E-state index contributed by atoms with van der Waals surface area (Å²) >= 11 is 0. The van der Waals surface area contributed by atoms with E-state index < -0.39 is 0 Å². The van der Waals surface area contributed by atoms with E-state index in [0.717, 1.165) is 4.57 Å². The highest BCUT2D eigenvalue weighted by molar-refractivity contribution is 5.98. The number of ether oxygens (including phenoxy) is 2. The summed E-state index contributed by atoms with van der Waals surface area (Å²) in [5, 5.41) is 3.04. The van der Waals surface area contributed by atoms with Gasteiger partial charge in [0.05, 0.1) is 19.8 Å². The lowest BCUT2D eigenvalue weighted by molar-refractivity contribution is 0.0927. The van der Waals surface area contributed by atoms with Gasteiger partial charge in [0.1, 0.15) is 5.69 Å². The zero-order chi connectivity index (χ0) is 21.1. The summed E-state index contributed by atoms with van der Waals surface area (Å²) in [5.41, 5.74) is 0.250. The van der Waals surface area contributed by atoms with Crippen LogP contribution in [-0.4, -0.2) is 48.4 Å². The summed E-state index contributed by atoms with van der Waals surface area (Å²) < 4.78 is 13.1. The van der Waals surface area contributed by atoms with Gasteiger partial charge in [-0.05, 0) is 25.0 Å². The van der Waals surface area contributed by atoms with Gasteiger partial charge in [-0.2, -0.15) is 0 Å². The van der Waals surface area contributed by atoms with Crippen LogP contribution in [0.15, 0.2) is 34.0 Å². The Kier molecular flexibility index (Phi) is 5.95. The van der Waals surface area contributed by atoms with Crippen molar-refractivity contribution < 1.29 is 14.3 Å². The summed E-state index contributed by atoms with van der Waals surface area (Å²) in [6.07, 6.45) is 2.94. The average Bonchev–Trinajstić information content (AvgIpc) is 2.74. The van der Waals surface area contributed by atoms with E-state index in [2.05, 4.69) is 5.32 Å². The van der Waals surface area contributed by atoms with Crippen LogP contribution in [0, 0.1) is 0 Å². The molecule has 0 aliphatic carbocycles. The van der Waals surface area contributed by atoms with Crippen LogP contribution in [0.4, 0.5) is 5.69 Å². The van der Waals surface area contributed by atoms with Crippen molar-refractivity contribution in [2.75, 3.05) is 32.2 Å². The molecule has 1 fully saturated rings. The van der Waals surface area contributed by atoms with Crippen LogP contribution in [0.25, 0.3) is 0 Å². The Bertz CT molecular complexity index is 1020. The Morgan fingerprint density at radius 1 is 1.10 bits per heavy atom. The summed E-state index contributed by atoms with van der Waals surface area (Å²) in [7, 11) is 6.13. The van der Waals surface area contributed by atoms with Crippen LogP contribution in [-0.2, 0) is 14.1 Å². The Morgan fingerprint density at radius 2 is 1.79 bits per heavy atom. The molecule has 0 radical (unpaired) electrons. The average molecular weight is 402 g/mol. The highest BCUT2D eigenvalue weighted by atomic mass is 16.5. The Hall–Kier alpha value is -3.23. The van der Waals surface area contributed by atoms with E-state index in [4.69, 9.17) is 9.47 Å². The van der Waals surface area contributed by atoms with Crippen molar-refractivity contribution in [1.29, 1.82) is 0 Å². The van der Waals surface area contributed by atoms with Crippen LogP contribution >= 0.6 is 0 Å². The lowest BCUT2D eigenvalue weighted by atomic mass is 10.0. The molecule has 2 heterocycles. The van der Waals surface area contributed by atoms with E-state index in [1.807, 2.05) is 4.90 Å². The zero-order valence-electron chi connectivity index (χ0n) is 17.1. The number of carbonyl (C=O) groups is 1. The van der Waals surface area contributed by atoms with Gasteiger partial charge in [0.2, 0.25) is 0 Å². The third kappa shape index (κ3) is 3.98. The van der Waals surface area contributed by atoms with E-state index in [9.17, 15) is 14.4 Å². The minimum atomic E-state index is -0.354. The van der Waals surface area contributed by atoms with Crippen molar-refractivity contribution in [3.63, 3.8) is 0 Å². The molecular formula is C20H26N4O5. The van der Waals surface area contributed by atoms with E-state index in [1.165, 1.54) is 25.8 Å². The molecule has 9 nitrogen and oxygen atoms in total. The van der Waals surface area contributed by atoms with Crippen LogP contribution in [0.5, 0.6) is 11.5 Å². The van der Waals surface area contributed by atoms with Gasteiger partial charge in [0.15, 0.2) is 11.5 Å². The molecular weight excluding hydrogens is 376 g/mol. The number of hydrogen-bond acceptors (Lipinski definition) is 6. The van der Waals surface area contributed by atoms with Crippen molar-refractivity contribution in [3.8, 4) is 11.5 Å². The summed E-state index contributed by atoms with van der Waals surface area (Å²) in [4.78, 5) is 39.0. The summed E-state index contributed by atoms with van der Waals surface area (Å²) in [5.74, 6) is 0.677. The molecule has 156 valence electrons. The van der Waals surface area contributed by atoms with Gasteiger partial charge in [-0.25, -0.2) is 4.79 Å². The molecule has 0 atom stereocenters. The Balaban J connectivity index is 1.69. The molecule has 1 aromatic heterocycles. The maximum absolute atomic E-state index is 12.7. The topological polar surface area (TPSA) is 94.8 Å². The summed E-state index contributed by atoms with van der Waals surface area (Å²) in [6.45, 7) is 1.21. The quantitative estimate of drug-likeness (QED) is 0.783. The largest absolute Gasteiger partial charge is 0.493 e. The normalized spacial score (nSPS) is 14.6. The second-order valence-corrected chi connectivity index (χ2v) is 7.05. The number of carbonyl (C=O) groups excluding carboxylic acids is 1.